The Morgan fingerprint density at radius 1 is 1.30 bits per heavy atom. The van der Waals surface area contributed by atoms with Crippen molar-refractivity contribution >= 4 is 21.8 Å². The zero-order chi connectivity index (χ0) is 15.2. The van der Waals surface area contributed by atoms with Crippen LogP contribution in [-0.2, 0) is 17.4 Å². The quantitative estimate of drug-likeness (QED) is 0.773. The van der Waals surface area contributed by atoms with Gasteiger partial charge in [-0.05, 0) is 24.1 Å². The number of rotatable bonds is 6. The molecule has 1 unspecified atom stereocenters. The largest absolute Gasteiger partial charge is 0.416 e. The molecule has 0 bridgehead atoms. The van der Waals surface area contributed by atoms with E-state index in [0.717, 1.165) is 25.0 Å². The Bertz CT molecular complexity index is 431. The molecule has 20 heavy (non-hydrogen) atoms. The van der Waals surface area contributed by atoms with Crippen LogP contribution in [0, 0.1) is 0 Å². The van der Waals surface area contributed by atoms with Crippen molar-refractivity contribution in [1.82, 2.24) is 5.32 Å². The van der Waals surface area contributed by atoms with Gasteiger partial charge in [0.15, 0.2) is 0 Å². The van der Waals surface area contributed by atoms with Crippen LogP contribution < -0.4 is 5.32 Å². The Morgan fingerprint density at radius 3 is 2.40 bits per heavy atom. The SMILES string of the molecule is CCCC(Br)CNC(=O)Cc1ccc(C(F)(F)F)cc1. The lowest BCUT2D eigenvalue weighted by atomic mass is 10.1. The molecule has 112 valence electrons. The van der Waals surface area contributed by atoms with Gasteiger partial charge in [-0.3, -0.25) is 4.79 Å². The number of amides is 1. The Labute approximate surface area is 124 Å². The first-order valence-electron chi connectivity index (χ1n) is 6.39. The number of halogens is 4. The number of alkyl halides is 4. The fourth-order valence-electron chi connectivity index (χ4n) is 1.70. The molecule has 0 spiro atoms. The van der Waals surface area contributed by atoms with Crippen LogP contribution in [0.4, 0.5) is 13.2 Å². The summed E-state index contributed by atoms with van der Waals surface area (Å²) in [6.07, 6.45) is -2.28. The molecule has 1 aromatic rings. The molecule has 1 N–H and O–H groups in total. The summed E-state index contributed by atoms with van der Waals surface area (Å²) in [5.41, 5.74) is -0.137. The van der Waals surface area contributed by atoms with E-state index >= 15 is 0 Å². The third-order valence-electron chi connectivity index (χ3n) is 2.77. The second-order valence-corrected chi connectivity index (χ2v) is 5.86. The van der Waals surface area contributed by atoms with Gasteiger partial charge in [0.1, 0.15) is 0 Å². The lowest BCUT2D eigenvalue weighted by molar-refractivity contribution is -0.137. The number of benzene rings is 1. The van der Waals surface area contributed by atoms with Crippen LogP contribution in [0.3, 0.4) is 0 Å². The highest BCUT2D eigenvalue weighted by molar-refractivity contribution is 9.09. The summed E-state index contributed by atoms with van der Waals surface area (Å²) < 4.78 is 37.1. The molecular formula is C14H17BrF3NO. The van der Waals surface area contributed by atoms with Gasteiger partial charge in [0.05, 0.1) is 12.0 Å². The predicted molar refractivity (Wildman–Crippen MR) is 75.8 cm³/mol. The minimum atomic E-state index is -4.34. The van der Waals surface area contributed by atoms with Crippen LogP contribution in [-0.4, -0.2) is 17.3 Å². The molecule has 6 heteroatoms. The van der Waals surface area contributed by atoms with Crippen LogP contribution >= 0.6 is 15.9 Å². The number of hydrogen-bond acceptors (Lipinski definition) is 1. The van der Waals surface area contributed by atoms with Gasteiger partial charge in [-0.2, -0.15) is 13.2 Å². The van der Waals surface area contributed by atoms with Crippen molar-refractivity contribution in [1.29, 1.82) is 0 Å². The molecule has 0 aliphatic carbocycles. The fourth-order valence-corrected chi connectivity index (χ4v) is 2.32. The fraction of sp³-hybridized carbons (Fsp3) is 0.500. The minimum absolute atomic E-state index is 0.0873. The summed E-state index contributed by atoms with van der Waals surface area (Å²) in [4.78, 5) is 11.9. The standard InChI is InChI=1S/C14H17BrF3NO/c1-2-3-12(15)9-19-13(20)8-10-4-6-11(7-5-10)14(16,17)18/h4-7,12H,2-3,8-9H2,1H3,(H,19,20). The van der Waals surface area contributed by atoms with E-state index in [4.69, 9.17) is 0 Å². The van der Waals surface area contributed by atoms with Crippen LogP contribution in [0.1, 0.15) is 30.9 Å². The molecule has 0 aliphatic rings. The van der Waals surface area contributed by atoms with Gasteiger partial charge in [-0.15, -0.1) is 0 Å². The summed E-state index contributed by atoms with van der Waals surface area (Å²) in [6, 6.07) is 4.65. The van der Waals surface area contributed by atoms with Gasteiger partial charge in [0, 0.05) is 11.4 Å². The molecule has 1 aromatic carbocycles. The van der Waals surface area contributed by atoms with Gasteiger partial charge in [-0.1, -0.05) is 41.4 Å². The molecule has 0 fully saturated rings. The van der Waals surface area contributed by atoms with Crippen molar-refractivity contribution in [3.63, 3.8) is 0 Å². The lowest BCUT2D eigenvalue weighted by Gasteiger charge is -2.10. The van der Waals surface area contributed by atoms with E-state index in [2.05, 4.69) is 28.2 Å². The van der Waals surface area contributed by atoms with Gasteiger partial charge in [0.2, 0.25) is 5.91 Å². The van der Waals surface area contributed by atoms with Crippen LogP contribution in [0.2, 0.25) is 0 Å². The molecule has 0 saturated heterocycles. The molecule has 2 nitrogen and oxygen atoms in total. The zero-order valence-electron chi connectivity index (χ0n) is 11.1. The Balaban J connectivity index is 2.46. The zero-order valence-corrected chi connectivity index (χ0v) is 12.7. The topological polar surface area (TPSA) is 29.1 Å². The molecule has 0 saturated carbocycles. The maximum Gasteiger partial charge on any atom is 0.416 e. The van der Waals surface area contributed by atoms with Gasteiger partial charge < -0.3 is 5.32 Å². The van der Waals surface area contributed by atoms with E-state index in [-0.39, 0.29) is 17.2 Å². The molecule has 0 radical (unpaired) electrons. The first-order valence-corrected chi connectivity index (χ1v) is 7.31. The van der Waals surface area contributed by atoms with E-state index in [1.807, 2.05) is 0 Å². The van der Waals surface area contributed by atoms with E-state index in [0.29, 0.717) is 12.1 Å². The van der Waals surface area contributed by atoms with Crippen molar-refractivity contribution in [3.8, 4) is 0 Å². The summed E-state index contributed by atoms with van der Waals surface area (Å²) in [7, 11) is 0. The maximum absolute atomic E-state index is 12.4. The normalized spacial score (nSPS) is 13.1. The van der Waals surface area contributed by atoms with E-state index < -0.39 is 11.7 Å². The van der Waals surface area contributed by atoms with Crippen LogP contribution in [0.5, 0.6) is 0 Å². The second-order valence-electron chi connectivity index (χ2n) is 4.56. The highest BCUT2D eigenvalue weighted by Gasteiger charge is 2.29. The smallest absolute Gasteiger partial charge is 0.355 e. The molecule has 0 aromatic heterocycles. The van der Waals surface area contributed by atoms with Crippen molar-refractivity contribution < 1.29 is 18.0 Å². The third kappa shape index (κ3) is 5.94. The van der Waals surface area contributed by atoms with E-state index in [9.17, 15) is 18.0 Å². The summed E-state index contributed by atoms with van der Waals surface area (Å²) in [6.45, 7) is 2.57. The van der Waals surface area contributed by atoms with Crippen LogP contribution in [0.25, 0.3) is 0 Å². The minimum Gasteiger partial charge on any atom is -0.355 e. The Morgan fingerprint density at radius 2 is 1.90 bits per heavy atom. The maximum atomic E-state index is 12.4. The molecule has 1 amide bonds. The molecule has 0 heterocycles. The first-order chi connectivity index (χ1) is 9.32. The predicted octanol–water partition coefficient (Wildman–Crippen LogP) is 3.93. The van der Waals surface area contributed by atoms with E-state index in [1.165, 1.54) is 12.1 Å². The summed E-state index contributed by atoms with van der Waals surface area (Å²) in [5, 5.41) is 2.75. The average molecular weight is 352 g/mol. The highest BCUT2D eigenvalue weighted by atomic mass is 79.9. The number of nitrogens with one attached hydrogen (secondary N) is 1. The first kappa shape index (κ1) is 17.0. The Hall–Kier alpha value is -1.04. The monoisotopic (exact) mass is 351 g/mol. The van der Waals surface area contributed by atoms with Crippen molar-refractivity contribution in [2.24, 2.45) is 0 Å². The van der Waals surface area contributed by atoms with Crippen molar-refractivity contribution in [2.75, 3.05) is 6.54 Å². The Kier molecular flexibility index (Phi) is 6.52. The number of carbonyl (C=O) groups excluding carboxylic acids is 1. The molecule has 0 aliphatic heterocycles. The number of hydrogen-bond donors (Lipinski definition) is 1. The summed E-state index contributed by atoms with van der Waals surface area (Å²) >= 11 is 3.44. The summed E-state index contributed by atoms with van der Waals surface area (Å²) in [5.74, 6) is -0.190. The second kappa shape index (κ2) is 7.67. The van der Waals surface area contributed by atoms with E-state index in [1.54, 1.807) is 0 Å². The molecule has 1 atom stereocenters. The van der Waals surface area contributed by atoms with Gasteiger partial charge in [0.25, 0.3) is 0 Å². The van der Waals surface area contributed by atoms with Crippen molar-refractivity contribution in [2.45, 2.75) is 37.2 Å². The average Bonchev–Trinajstić information content (AvgIpc) is 2.36. The third-order valence-corrected chi connectivity index (χ3v) is 3.55. The van der Waals surface area contributed by atoms with Gasteiger partial charge >= 0.3 is 6.18 Å². The molecule has 1 rings (SSSR count). The number of carbonyl (C=O) groups is 1. The highest BCUT2D eigenvalue weighted by Crippen LogP contribution is 2.29. The van der Waals surface area contributed by atoms with Crippen LogP contribution in [0.15, 0.2) is 24.3 Å². The molecular weight excluding hydrogens is 335 g/mol. The van der Waals surface area contributed by atoms with Crippen molar-refractivity contribution in [3.05, 3.63) is 35.4 Å². The lowest BCUT2D eigenvalue weighted by Crippen LogP contribution is -2.30. The van der Waals surface area contributed by atoms with Gasteiger partial charge in [-0.25, -0.2) is 0 Å².